The Labute approximate surface area is 125 Å². The van der Waals surface area contributed by atoms with Crippen molar-refractivity contribution < 1.29 is 9.59 Å². The van der Waals surface area contributed by atoms with Crippen LogP contribution in [0.25, 0.3) is 0 Å². The summed E-state index contributed by atoms with van der Waals surface area (Å²) in [6.45, 7) is 6.81. The molecule has 114 valence electrons. The first-order valence-corrected chi connectivity index (χ1v) is 7.19. The smallest absolute Gasteiger partial charge is 0.221 e. The summed E-state index contributed by atoms with van der Waals surface area (Å²) in [6, 6.07) is 6.02. The van der Waals surface area contributed by atoms with E-state index in [1.54, 1.807) is 0 Å². The van der Waals surface area contributed by atoms with Crippen molar-refractivity contribution in [3.63, 3.8) is 0 Å². The molecule has 1 aliphatic rings. The number of likely N-dealkylation sites (N-methyl/N-ethyl adjacent to an activating group) is 1. The first-order chi connectivity index (χ1) is 9.82. The molecule has 0 fully saturated rings. The van der Waals surface area contributed by atoms with Crippen molar-refractivity contribution in [1.82, 2.24) is 5.32 Å². The molecule has 0 aliphatic carbocycles. The minimum absolute atomic E-state index is 0.00262. The van der Waals surface area contributed by atoms with Gasteiger partial charge in [0.15, 0.2) is 0 Å². The van der Waals surface area contributed by atoms with E-state index < -0.39 is 0 Å². The summed E-state index contributed by atoms with van der Waals surface area (Å²) in [7, 11) is 2.07. The number of anilines is 2. The summed E-state index contributed by atoms with van der Waals surface area (Å²) in [5, 5.41) is 5.70. The van der Waals surface area contributed by atoms with Crippen LogP contribution in [-0.2, 0) is 15.0 Å². The minimum atomic E-state index is -0.0683. The van der Waals surface area contributed by atoms with Crippen molar-refractivity contribution in [2.75, 3.05) is 30.4 Å². The zero-order chi connectivity index (χ0) is 15.6. The van der Waals surface area contributed by atoms with Gasteiger partial charge in [0.2, 0.25) is 11.8 Å². The lowest BCUT2D eigenvalue weighted by molar-refractivity contribution is -0.119. The number of hydrogen-bond acceptors (Lipinski definition) is 3. The van der Waals surface area contributed by atoms with Gasteiger partial charge in [-0.1, -0.05) is 6.92 Å². The molecule has 0 bridgehead atoms. The van der Waals surface area contributed by atoms with Crippen LogP contribution in [0.4, 0.5) is 11.4 Å². The molecule has 1 aromatic rings. The van der Waals surface area contributed by atoms with Crippen LogP contribution >= 0.6 is 0 Å². The lowest BCUT2D eigenvalue weighted by atomic mass is 9.81. The van der Waals surface area contributed by atoms with Crippen LogP contribution in [0.3, 0.4) is 0 Å². The van der Waals surface area contributed by atoms with Crippen molar-refractivity contribution in [2.24, 2.45) is 0 Å². The quantitative estimate of drug-likeness (QED) is 0.889. The van der Waals surface area contributed by atoms with E-state index in [9.17, 15) is 9.59 Å². The molecule has 0 radical (unpaired) electrons. The zero-order valence-electron chi connectivity index (χ0n) is 13.1. The Hall–Kier alpha value is -2.04. The molecular formula is C16H23N3O2. The Kier molecular flexibility index (Phi) is 4.21. The molecular weight excluding hydrogens is 266 g/mol. The lowest BCUT2D eigenvalue weighted by Crippen LogP contribution is -2.33. The number of hydrogen-bond donors (Lipinski definition) is 2. The first-order valence-electron chi connectivity index (χ1n) is 7.19. The summed E-state index contributed by atoms with van der Waals surface area (Å²) in [5.41, 5.74) is 3.21. The summed E-state index contributed by atoms with van der Waals surface area (Å²) in [5.74, 6) is -0.0709. The van der Waals surface area contributed by atoms with E-state index in [0.29, 0.717) is 6.54 Å². The highest BCUT2D eigenvalue weighted by Gasteiger charge is 2.37. The Morgan fingerprint density at radius 3 is 2.62 bits per heavy atom. The number of nitrogens with one attached hydrogen (secondary N) is 2. The second-order valence-corrected chi connectivity index (χ2v) is 6.06. The van der Waals surface area contributed by atoms with E-state index in [2.05, 4.69) is 29.5 Å². The van der Waals surface area contributed by atoms with Crippen molar-refractivity contribution in [3.8, 4) is 0 Å². The number of amides is 2. The van der Waals surface area contributed by atoms with Gasteiger partial charge in [-0.25, -0.2) is 0 Å². The molecule has 0 saturated carbocycles. The first kappa shape index (κ1) is 15.4. The number of benzene rings is 1. The molecule has 1 unspecified atom stereocenters. The molecule has 2 rings (SSSR count). The zero-order valence-corrected chi connectivity index (χ0v) is 13.1. The number of carbonyl (C=O) groups is 2. The Morgan fingerprint density at radius 2 is 2.00 bits per heavy atom. The topological polar surface area (TPSA) is 61.4 Å². The van der Waals surface area contributed by atoms with Crippen LogP contribution in [0.2, 0.25) is 0 Å². The molecule has 21 heavy (non-hydrogen) atoms. The summed E-state index contributed by atoms with van der Waals surface area (Å²) in [4.78, 5) is 24.5. The van der Waals surface area contributed by atoms with Crippen molar-refractivity contribution in [2.45, 2.75) is 32.6 Å². The third-order valence-electron chi connectivity index (χ3n) is 4.02. The molecule has 0 saturated heterocycles. The van der Waals surface area contributed by atoms with Gasteiger partial charge in [-0.15, -0.1) is 0 Å². The van der Waals surface area contributed by atoms with Crippen molar-refractivity contribution in [1.29, 1.82) is 0 Å². The van der Waals surface area contributed by atoms with Crippen LogP contribution in [0.5, 0.6) is 0 Å². The number of carbonyl (C=O) groups excluding carboxylic acids is 2. The highest BCUT2D eigenvalue weighted by molar-refractivity contribution is 5.89. The number of nitrogens with zero attached hydrogens (tertiary/aromatic N) is 1. The average Bonchev–Trinajstić information content (AvgIpc) is 2.60. The second kappa shape index (κ2) is 5.76. The highest BCUT2D eigenvalue weighted by atomic mass is 16.2. The van der Waals surface area contributed by atoms with Gasteiger partial charge in [0, 0.05) is 50.8 Å². The molecule has 2 N–H and O–H groups in total. The average molecular weight is 289 g/mol. The summed E-state index contributed by atoms with van der Waals surface area (Å²) >= 11 is 0. The predicted octanol–water partition coefficient (Wildman–Crippen LogP) is 1.88. The number of rotatable bonds is 4. The summed E-state index contributed by atoms with van der Waals surface area (Å²) < 4.78 is 0. The number of fused-ring (bicyclic) bond motifs is 1. The van der Waals surface area contributed by atoms with Gasteiger partial charge in [-0.2, -0.15) is 0 Å². The Morgan fingerprint density at radius 1 is 1.29 bits per heavy atom. The Bertz CT molecular complexity index is 571. The van der Waals surface area contributed by atoms with Gasteiger partial charge in [0.25, 0.3) is 0 Å². The SMILES string of the molecule is CC(=O)NCCC1(C)CN(C)c2ccc(NC(C)=O)cc21. The maximum atomic E-state index is 11.2. The highest BCUT2D eigenvalue weighted by Crippen LogP contribution is 2.43. The molecule has 1 heterocycles. The van der Waals surface area contributed by atoms with Gasteiger partial charge < -0.3 is 15.5 Å². The third-order valence-corrected chi connectivity index (χ3v) is 4.02. The third kappa shape index (κ3) is 3.35. The molecule has 1 atom stereocenters. The van der Waals surface area contributed by atoms with Crippen LogP contribution in [0, 0.1) is 0 Å². The van der Waals surface area contributed by atoms with E-state index in [1.165, 1.54) is 25.1 Å². The molecule has 0 aromatic heterocycles. The van der Waals surface area contributed by atoms with Gasteiger partial charge in [0.1, 0.15) is 0 Å². The van der Waals surface area contributed by atoms with E-state index in [4.69, 9.17) is 0 Å². The second-order valence-electron chi connectivity index (χ2n) is 6.06. The molecule has 5 heteroatoms. The lowest BCUT2D eigenvalue weighted by Gasteiger charge is -2.25. The Balaban J connectivity index is 2.24. The van der Waals surface area contributed by atoms with Crippen LogP contribution in [0.15, 0.2) is 18.2 Å². The van der Waals surface area contributed by atoms with Gasteiger partial charge in [-0.3, -0.25) is 9.59 Å². The molecule has 1 aromatic carbocycles. The molecule has 5 nitrogen and oxygen atoms in total. The maximum absolute atomic E-state index is 11.2. The van der Waals surface area contributed by atoms with Crippen LogP contribution in [-0.4, -0.2) is 32.0 Å². The monoisotopic (exact) mass is 289 g/mol. The van der Waals surface area contributed by atoms with Gasteiger partial charge in [0.05, 0.1) is 0 Å². The van der Waals surface area contributed by atoms with E-state index in [-0.39, 0.29) is 17.2 Å². The van der Waals surface area contributed by atoms with Crippen molar-refractivity contribution in [3.05, 3.63) is 23.8 Å². The van der Waals surface area contributed by atoms with Crippen LogP contribution in [0.1, 0.15) is 32.8 Å². The molecule has 1 aliphatic heterocycles. The van der Waals surface area contributed by atoms with Crippen molar-refractivity contribution >= 4 is 23.2 Å². The van der Waals surface area contributed by atoms with E-state index in [0.717, 1.165) is 18.7 Å². The molecule has 0 spiro atoms. The minimum Gasteiger partial charge on any atom is -0.373 e. The fraction of sp³-hybridized carbons (Fsp3) is 0.500. The predicted molar refractivity (Wildman–Crippen MR) is 84.7 cm³/mol. The van der Waals surface area contributed by atoms with E-state index in [1.807, 2.05) is 18.2 Å². The standard InChI is InChI=1S/C16H23N3O2/c1-11(20)17-8-7-16(3)10-19(4)15-6-5-13(9-14(15)16)18-12(2)21/h5-6,9H,7-8,10H2,1-4H3,(H,17,20)(H,18,21). The van der Waals surface area contributed by atoms with Gasteiger partial charge >= 0.3 is 0 Å². The fourth-order valence-electron chi connectivity index (χ4n) is 3.06. The normalized spacial score (nSPS) is 20.1. The van der Waals surface area contributed by atoms with Crippen LogP contribution < -0.4 is 15.5 Å². The molecule has 2 amide bonds. The largest absolute Gasteiger partial charge is 0.373 e. The van der Waals surface area contributed by atoms with Gasteiger partial charge in [-0.05, 0) is 30.2 Å². The summed E-state index contributed by atoms with van der Waals surface area (Å²) in [6.07, 6.45) is 0.868. The van der Waals surface area contributed by atoms with E-state index >= 15 is 0 Å². The fourth-order valence-corrected chi connectivity index (χ4v) is 3.06. The maximum Gasteiger partial charge on any atom is 0.221 e.